The van der Waals surface area contributed by atoms with Crippen LogP contribution in [0.1, 0.15) is 38.5 Å². The number of hydrogen-bond donors (Lipinski definition) is 3. The number of nitrogens with zero attached hydrogens (tertiary/aromatic N) is 1. The van der Waals surface area contributed by atoms with Gasteiger partial charge in [0.25, 0.3) is 0 Å². The second kappa shape index (κ2) is 6.86. The Bertz CT molecular complexity index is 321. The number of likely N-dealkylation sites (tertiary alicyclic amines) is 1. The zero-order valence-corrected chi connectivity index (χ0v) is 11.4. The molecule has 2 aliphatic rings. The van der Waals surface area contributed by atoms with Crippen LogP contribution in [0.25, 0.3) is 0 Å². The van der Waals surface area contributed by atoms with E-state index in [9.17, 15) is 9.59 Å². The van der Waals surface area contributed by atoms with E-state index in [1.54, 1.807) is 0 Å². The molecule has 0 aromatic heterocycles. The first-order valence-electron chi connectivity index (χ1n) is 7.22. The van der Waals surface area contributed by atoms with E-state index >= 15 is 0 Å². The van der Waals surface area contributed by atoms with Gasteiger partial charge < -0.3 is 11.1 Å². The molecule has 6 heteroatoms. The third-order valence-corrected chi connectivity index (χ3v) is 3.94. The molecule has 0 aromatic carbocycles. The van der Waals surface area contributed by atoms with E-state index in [4.69, 9.17) is 5.73 Å². The molecule has 4 N–H and O–H groups in total. The molecule has 19 heavy (non-hydrogen) atoms. The van der Waals surface area contributed by atoms with Gasteiger partial charge in [-0.2, -0.15) is 0 Å². The number of amides is 3. The number of urea groups is 1. The van der Waals surface area contributed by atoms with E-state index in [0.29, 0.717) is 0 Å². The summed E-state index contributed by atoms with van der Waals surface area (Å²) in [5, 5.41) is 5.25. The van der Waals surface area contributed by atoms with Crippen molar-refractivity contribution < 1.29 is 9.59 Å². The van der Waals surface area contributed by atoms with Crippen LogP contribution in [0.4, 0.5) is 4.79 Å². The molecule has 1 heterocycles. The van der Waals surface area contributed by atoms with Gasteiger partial charge in [0.15, 0.2) is 0 Å². The van der Waals surface area contributed by atoms with Crippen LogP contribution in [-0.2, 0) is 4.79 Å². The van der Waals surface area contributed by atoms with Crippen molar-refractivity contribution in [1.82, 2.24) is 15.5 Å². The largest absolute Gasteiger partial charge is 0.335 e. The molecule has 2 rings (SSSR count). The molecule has 3 amide bonds. The van der Waals surface area contributed by atoms with Crippen LogP contribution in [0.15, 0.2) is 0 Å². The molecule has 0 bridgehead atoms. The van der Waals surface area contributed by atoms with Gasteiger partial charge in [-0.1, -0.05) is 12.8 Å². The Kier molecular flexibility index (Phi) is 5.15. The average Bonchev–Trinajstić information content (AvgIpc) is 2.84. The first-order valence-corrected chi connectivity index (χ1v) is 7.22. The van der Waals surface area contributed by atoms with Gasteiger partial charge in [-0.05, 0) is 25.7 Å². The van der Waals surface area contributed by atoms with Crippen LogP contribution in [0.5, 0.6) is 0 Å². The summed E-state index contributed by atoms with van der Waals surface area (Å²) in [6.45, 7) is 1.95. The van der Waals surface area contributed by atoms with Gasteiger partial charge in [-0.3, -0.25) is 15.0 Å². The van der Waals surface area contributed by atoms with E-state index in [2.05, 4.69) is 10.6 Å². The summed E-state index contributed by atoms with van der Waals surface area (Å²) in [4.78, 5) is 25.4. The van der Waals surface area contributed by atoms with E-state index in [1.165, 1.54) is 0 Å². The number of carbonyl (C=O) groups excluding carboxylic acids is 2. The lowest BCUT2D eigenvalue weighted by Crippen LogP contribution is -2.49. The van der Waals surface area contributed by atoms with Crippen LogP contribution in [-0.4, -0.2) is 48.6 Å². The molecule has 0 atom stereocenters. The molecule has 108 valence electrons. The van der Waals surface area contributed by atoms with Gasteiger partial charge >= 0.3 is 6.03 Å². The minimum absolute atomic E-state index is 0.231. The van der Waals surface area contributed by atoms with Crippen LogP contribution < -0.4 is 16.4 Å². The summed E-state index contributed by atoms with van der Waals surface area (Å²) in [6.07, 6.45) is 6.19. The Hall–Kier alpha value is -1.14. The predicted molar refractivity (Wildman–Crippen MR) is 72.6 cm³/mol. The molecular formula is C13H24N4O2. The predicted octanol–water partition coefficient (Wildman–Crippen LogP) is 0.178. The Morgan fingerprint density at radius 2 is 1.74 bits per heavy atom. The lowest BCUT2D eigenvalue weighted by atomic mass is 10.1. The fourth-order valence-corrected chi connectivity index (χ4v) is 2.77. The van der Waals surface area contributed by atoms with Gasteiger partial charge in [0.2, 0.25) is 5.91 Å². The van der Waals surface area contributed by atoms with Crippen LogP contribution in [0, 0.1) is 0 Å². The summed E-state index contributed by atoms with van der Waals surface area (Å²) in [5.74, 6) is -0.231. The smallest absolute Gasteiger partial charge is 0.321 e. The van der Waals surface area contributed by atoms with Crippen molar-refractivity contribution in [3.8, 4) is 0 Å². The third-order valence-electron chi connectivity index (χ3n) is 3.94. The van der Waals surface area contributed by atoms with Crippen molar-refractivity contribution in [2.45, 2.75) is 50.6 Å². The minimum atomic E-state index is -0.356. The van der Waals surface area contributed by atoms with Crippen molar-refractivity contribution in [3.63, 3.8) is 0 Å². The molecule has 1 aliphatic heterocycles. The van der Waals surface area contributed by atoms with Gasteiger partial charge in [0.1, 0.15) is 0 Å². The van der Waals surface area contributed by atoms with Crippen LogP contribution in [0.2, 0.25) is 0 Å². The molecule has 2 fully saturated rings. The zero-order chi connectivity index (χ0) is 13.7. The van der Waals surface area contributed by atoms with Gasteiger partial charge in [-0.15, -0.1) is 0 Å². The maximum Gasteiger partial charge on any atom is 0.321 e. The van der Waals surface area contributed by atoms with E-state index in [-0.39, 0.29) is 30.6 Å². The van der Waals surface area contributed by atoms with Gasteiger partial charge in [-0.25, -0.2) is 4.79 Å². The molecule has 0 aromatic rings. The summed E-state index contributed by atoms with van der Waals surface area (Å²) in [5.41, 5.74) is 5.81. The highest BCUT2D eigenvalue weighted by molar-refractivity contribution is 5.95. The number of nitrogens with one attached hydrogen (secondary N) is 2. The van der Waals surface area contributed by atoms with Crippen LogP contribution >= 0.6 is 0 Å². The van der Waals surface area contributed by atoms with Gasteiger partial charge in [0.05, 0.1) is 6.54 Å². The van der Waals surface area contributed by atoms with Crippen molar-refractivity contribution in [2.75, 3.05) is 19.6 Å². The highest BCUT2D eigenvalue weighted by Crippen LogP contribution is 2.17. The molecule has 0 radical (unpaired) electrons. The Balaban J connectivity index is 1.64. The standard InChI is InChI=1S/C13H24N4O2/c14-10-5-7-17(8-6-10)9-12(18)16-13(19)15-11-3-1-2-4-11/h10-11H,1-9,14H2,(H2,15,16,18,19). The fraction of sp³-hybridized carbons (Fsp3) is 0.846. The molecule has 0 spiro atoms. The molecule has 1 aliphatic carbocycles. The Labute approximate surface area is 114 Å². The lowest BCUT2D eigenvalue weighted by molar-refractivity contribution is -0.121. The van der Waals surface area contributed by atoms with E-state index < -0.39 is 0 Å². The van der Waals surface area contributed by atoms with Crippen molar-refractivity contribution in [1.29, 1.82) is 0 Å². The third kappa shape index (κ3) is 4.80. The zero-order valence-electron chi connectivity index (χ0n) is 11.4. The molecule has 1 saturated heterocycles. The van der Waals surface area contributed by atoms with Crippen molar-refractivity contribution in [2.24, 2.45) is 5.73 Å². The second-order valence-corrected chi connectivity index (χ2v) is 5.62. The highest BCUT2D eigenvalue weighted by Gasteiger charge is 2.21. The van der Waals surface area contributed by atoms with Gasteiger partial charge in [0, 0.05) is 25.2 Å². The summed E-state index contributed by atoms with van der Waals surface area (Å²) < 4.78 is 0. The summed E-state index contributed by atoms with van der Waals surface area (Å²) in [7, 11) is 0. The number of nitrogens with two attached hydrogens (primary N) is 1. The van der Waals surface area contributed by atoms with E-state index in [1.807, 2.05) is 4.90 Å². The average molecular weight is 268 g/mol. The molecular weight excluding hydrogens is 244 g/mol. The Morgan fingerprint density at radius 1 is 1.11 bits per heavy atom. The number of imide groups is 1. The van der Waals surface area contributed by atoms with E-state index in [0.717, 1.165) is 51.6 Å². The number of rotatable bonds is 3. The molecule has 0 unspecified atom stereocenters. The van der Waals surface area contributed by atoms with Crippen molar-refractivity contribution in [3.05, 3.63) is 0 Å². The molecule has 6 nitrogen and oxygen atoms in total. The summed E-state index contributed by atoms with van der Waals surface area (Å²) in [6, 6.07) is 0.136. The SMILES string of the molecule is NC1CCN(CC(=O)NC(=O)NC2CCCC2)CC1. The lowest BCUT2D eigenvalue weighted by Gasteiger charge is -2.29. The first kappa shape index (κ1) is 14.3. The Morgan fingerprint density at radius 3 is 2.37 bits per heavy atom. The second-order valence-electron chi connectivity index (χ2n) is 5.62. The maximum atomic E-state index is 11.7. The maximum absolute atomic E-state index is 11.7. The quantitative estimate of drug-likeness (QED) is 0.681. The topological polar surface area (TPSA) is 87.5 Å². The number of hydrogen-bond acceptors (Lipinski definition) is 4. The monoisotopic (exact) mass is 268 g/mol. The minimum Gasteiger partial charge on any atom is -0.335 e. The summed E-state index contributed by atoms with van der Waals surface area (Å²) >= 11 is 0. The van der Waals surface area contributed by atoms with Crippen molar-refractivity contribution >= 4 is 11.9 Å². The number of piperidine rings is 1. The number of carbonyl (C=O) groups is 2. The van der Waals surface area contributed by atoms with Crippen LogP contribution in [0.3, 0.4) is 0 Å². The molecule has 1 saturated carbocycles. The normalized spacial score (nSPS) is 22.4. The highest BCUT2D eigenvalue weighted by atomic mass is 16.2. The first-order chi connectivity index (χ1) is 9.13. The fourth-order valence-electron chi connectivity index (χ4n) is 2.77.